The molecular weight excluding hydrogens is 552 g/mol. The standard InChI is InChI=1S/C28H38N4O5S.C4H10/c1-19(2)37-28(36)24(13-16-38-3)31-26(34)18-32(15-14-29-27(35)23-11-12-25(33)30-23)17-21-9-6-8-20-7-4-5-10-22(20)21;1-3-4-2/h4-10,19,23-24H,11-18H2,1-3H3,(H,29,35)(H,30,33)(H,31,34);3-4H2,1-2H3/t23-,24-;/m0./s1. The van der Waals surface area contributed by atoms with E-state index in [0.717, 1.165) is 16.3 Å². The van der Waals surface area contributed by atoms with Gasteiger partial charge in [0, 0.05) is 26.1 Å². The molecule has 0 radical (unpaired) electrons. The van der Waals surface area contributed by atoms with E-state index < -0.39 is 18.1 Å². The first kappa shape index (κ1) is 35.1. The maximum atomic E-state index is 13.1. The van der Waals surface area contributed by atoms with Gasteiger partial charge < -0.3 is 20.7 Å². The summed E-state index contributed by atoms with van der Waals surface area (Å²) in [7, 11) is 0. The number of carbonyl (C=O) groups excluding carboxylic acids is 4. The highest BCUT2D eigenvalue weighted by Crippen LogP contribution is 2.20. The normalized spacial score (nSPS) is 15.1. The average molecular weight is 601 g/mol. The van der Waals surface area contributed by atoms with Crippen LogP contribution in [0.2, 0.25) is 0 Å². The van der Waals surface area contributed by atoms with Gasteiger partial charge in [-0.2, -0.15) is 11.8 Å². The number of carbonyl (C=O) groups is 4. The lowest BCUT2D eigenvalue weighted by Gasteiger charge is -2.25. The number of unbranched alkanes of at least 4 members (excludes halogenated alkanes) is 1. The van der Waals surface area contributed by atoms with Gasteiger partial charge in [-0.1, -0.05) is 69.2 Å². The van der Waals surface area contributed by atoms with E-state index in [1.807, 2.05) is 53.6 Å². The molecule has 2 atom stereocenters. The van der Waals surface area contributed by atoms with E-state index in [0.29, 0.717) is 44.6 Å². The molecule has 9 nitrogen and oxygen atoms in total. The zero-order valence-corrected chi connectivity index (χ0v) is 26.6. The van der Waals surface area contributed by atoms with Crippen LogP contribution in [-0.4, -0.2) is 78.4 Å². The third kappa shape index (κ3) is 12.4. The number of nitrogens with one attached hydrogen (secondary N) is 3. The van der Waals surface area contributed by atoms with E-state index in [4.69, 9.17) is 4.74 Å². The molecule has 1 heterocycles. The SMILES string of the molecule is CCCC.CSCC[C@H](NC(=O)CN(CCNC(=O)[C@@H]1CCC(=O)N1)Cc1cccc2ccccc12)C(=O)OC(C)C. The van der Waals surface area contributed by atoms with Crippen molar-refractivity contribution in [2.75, 3.05) is 31.6 Å². The number of esters is 1. The highest BCUT2D eigenvalue weighted by atomic mass is 32.2. The molecule has 1 saturated heterocycles. The fourth-order valence-electron chi connectivity index (χ4n) is 4.40. The Balaban J connectivity index is 0.00000144. The number of rotatable bonds is 15. The second-order valence-corrected chi connectivity index (χ2v) is 11.7. The van der Waals surface area contributed by atoms with Crippen LogP contribution >= 0.6 is 11.8 Å². The minimum atomic E-state index is -0.720. The molecule has 0 saturated carbocycles. The Morgan fingerprint density at radius 1 is 1.10 bits per heavy atom. The summed E-state index contributed by atoms with van der Waals surface area (Å²) < 4.78 is 5.35. The molecule has 2 aromatic rings. The Kier molecular flexibility index (Phi) is 16.0. The van der Waals surface area contributed by atoms with Gasteiger partial charge in [0.25, 0.3) is 0 Å². The zero-order valence-electron chi connectivity index (χ0n) is 25.7. The monoisotopic (exact) mass is 600 g/mol. The van der Waals surface area contributed by atoms with Crippen LogP contribution in [0.1, 0.15) is 65.4 Å². The first-order valence-electron chi connectivity index (χ1n) is 14.9. The molecule has 3 N–H and O–H groups in total. The van der Waals surface area contributed by atoms with Crippen LogP contribution in [0, 0.1) is 0 Å². The van der Waals surface area contributed by atoms with Crippen molar-refractivity contribution < 1.29 is 23.9 Å². The van der Waals surface area contributed by atoms with Crippen molar-refractivity contribution in [3.8, 4) is 0 Å². The third-order valence-corrected chi connectivity index (χ3v) is 7.41. The lowest BCUT2D eigenvalue weighted by Crippen LogP contribution is -2.48. The number of nitrogens with zero attached hydrogens (tertiary/aromatic N) is 1. The number of fused-ring (bicyclic) bond motifs is 1. The number of hydrogen-bond acceptors (Lipinski definition) is 7. The Hall–Kier alpha value is -3.11. The van der Waals surface area contributed by atoms with Gasteiger partial charge in [-0.25, -0.2) is 4.79 Å². The second kappa shape index (κ2) is 19.2. The summed E-state index contributed by atoms with van der Waals surface area (Å²) in [6, 6.07) is 12.9. The van der Waals surface area contributed by atoms with Crippen LogP contribution < -0.4 is 16.0 Å². The van der Waals surface area contributed by atoms with Crippen LogP contribution in [0.3, 0.4) is 0 Å². The Labute approximate surface area is 254 Å². The molecule has 0 spiro atoms. The predicted octanol–water partition coefficient (Wildman–Crippen LogP) is 4.03. The smallest absolute Gasteiger partial charge is 0.328 e. The quantitative estimate of drug-likeness (QED) is 0.264. The van der Waals surface area contributed by atoms with Crippen LogP contribution in [0.25, 0.3) is 10.8 Å². The van der Waals surface area contributed by atoms with Crippen LogP contribution in [0.5, 0.6) is 0 Å². The summed E-state index contributed by atoms with van der Waals surface area (Å²) in [6.45, 7) is 9.18. The van der Waals surface area contributed by atoms with E-state index in [9.17, 15) is 19.2 Å². The average Bonchev–Trinajstić information content (AvgIpc) is 3.41. The molecular formula is C32H48N4O5S. The third-order valence-electron chi connectivity index (χ3n) is 6.76. The molecule has 3 amide bonds. The Bertz CT molecular complexity index is 1150. The lowest BCUT2D eigenvalue weighted by atomic mass is 10.0. The van der Waals surface area contributed by atoms with Crippen LogP contribution in [0.15, 0.2) is 42.5 Å². The van der Waals surface area contributed by atoms with Gasteiger partial charge >= 0.3 is 5.97 Å². The van der Waals surface area contributed by atoms with Crippen LogP contribution in [0.4, 0.5) is 0 Å². The Morgan fingerprint density at radius 3 is 2.45 bits per heavy atom. The summed E-state index contributed by atoms with van der Waals surface area (Å²) in [5, 5.41) is 10.6. The van der Waals surface area contributed by atoms with E-state index in [1.54, 1.807) is 25.6 Å². The van der Waals surface area contributed by atoms with Crippen molar-refractivity contribution in [2.24, 2.45) is 0 Å². The first-order chi connectivity index (χ1) is 20.2. The van der Waals surface area contributed by atoms with Gasteiger partial charge in [0.05, 0.1) is 12.6 Å². The van der Waals surface area contributed by atoms with Gasteiger partial charge in [0.2, 0.25) is 17.7 Å². The van der Waals surface area contributed by atoms with Crippen molar-refractivity contribution >= 4 is 46.2 Å². The maximum absolute atomic E-state index is 13.1. The minimum absolute atomic E-state index is 0.0456. The minimum Gasteiger partial charge on any atom is -0.461 e. The van der Waals surface area contributed by atoms with Crippen molar-refractivity contribution in [3.05, 3.63) is 48.0 Å². The van der Waals surface area contributed by atoms with Crippen molar-refractivity contribution in [3.63, 3.8) is 0 Å². The molecule has 0 aliphatic carbocycles. The largest absolute Gasteiger partial charge is 0.461 e. The first-order valence-corrected chi connectivity index (χ1v) is 16.3. The molecule has 2 aromatic carbocycles. The van der Waals surface area contributed by atoms with Crippen molar-refractivity contribution in [1.82, 2.24) is 20.9 Å². The summed E-state index contributed by atoms with van der Waals surface area (Å²) in [5.41, 5.74) is 1.06. The van der Waals surface area contributed by atoms with Gasteiger partial charge in [0.1, 0.15) is 12.1 Å². The van der Waals surface area contributed by atoms with Gasteiger partial charge in [-0.05, 0) is 55.0 Å². The predicted molar refractivity (Wildman–Crippen MR) is 170 cm³/mol. The van der Waals surface area contributed by atoms with E-state index in [1.165, 1.54) is 12.8 Å². The maximum Gasteiger partial charge on any atom is 0.328 e. The summed E-state index contributed by atoms with van der Waals surface area (Å²) in [6.07, 6.45) is 5.63. The zero-order chi connectivity index (χ0) is 30.9. The highest BCUT2D eigenvalue weighted by Gasteiger charge is 2.27. The highest BCUT2D eigenvalue weighted by molar-refractivity contribution is 7.98. The number of benzene rings is 2. The molecule has 1 aliphatic rings. The molecule has 0 bridgehead atoms. The van der Waals surface area contributed by atoms with Crippen molar-refractivity contribution in [2.45, 2.75) is 84.5 Å². The van der Waals surface area contributed by atoms with Gasteiger partial charge in [0.15, 0.2) is 0 Å². The van der Waals surface area contributed by atoms with E-state index in [2.05, 4.69) is 29.8 Å². The molecule has 0 aromatic heterocycles. The number of thioether (sulfide) groups is 1. The molecule has 1 fully saturated rings. The van der Waals surface area contributed by atoms with Crippen LogP contribution in [-0.2, 0) is 30.5 Å². The molecule has 0 unspecified atom stereocenters. The fourth-order valence-corrected chi connectivity index (χ4v) is 4.87. The molecule has 1 aliphatic heterocycles. The van der Waals surface area contributed by atoms with Crippen molar-refractivity contribution in [1.29, 1.82) is 0 Å². The molecule has 42 heavy (non-hydrogen) atoms. The van der Waals surface area contributed by atoms with Gasteiger partial charge in [-0.3, -0.25) is 19.3 Å². The second-order valence-electron chi connectivity index (χ2n) is 10.7. The lowest BCUT2D eigenvalue weighted by molar-refractivity contribution is -0.151. The Morgan fingerprint density at radius 2 is 1.81 bits per heavy atom. The molecule has 3 rings (SSSR count). The topological polar surface area (TPSA) is 117 Å². The number of hydrogen-bond donors (Lipinski definition) is 3. The number of amides is 3. The molecule has 10 heteroatoms. The summed E-state index contributed by atoms with van der Waals surface area (Å²) in [5.74, 6) is -0.354. The van der Waals surface area contributed by atoms with E-state index in [-0.39, 0.29) is 30.4 Å². The van der Waals surface area contributed by atoms with Gasteiger partial charge in [-0.15, -0.1) is 0 Å². The molecule has 232 valence electrons. The fraction of sp³-hybridized carbons (Fsp3) is 0.562. The van der Waals surface area contributed by atoms with E-state index >= 15 is 0 Å². The summed E-state index contributed by atoms with van der Waals surface area (Å²) in [4.78, 5) is 51.6. The number of ether oxygens (including phenoxy) is 1. The summed E-state index contributed by atoms with van der Waals surface area (Å²) >= 11 is 1.60.